The normalized spacial score (nSPS) is 10.4. The van der Waals surface area contributed by atoms with Crippen LogP contribution in [0.5, 0.6) is 0 Å². The van der Waals surface area contributed by atoms with Crippen molar-refractivity contribution in [2.45, 2.75) is 6.54 Å². The van der Waals surface area contributed by atoms with Gasteiger partial charge in [0.05, 0.1) is 0 Å². The van der Waals surface area contributed by atoms with Gasteiger partial charge in [-0.05, 0) is 36.5 Å². The standard InChI is InChI=1S/C10H8ClN3O2S/c11-7-3-1-6(2-4-7)9-12-13-10(17)14(9)5-8(15)16/h1-4H,5H2,(H,13,17)(H,15,16). The van der Waals surface area contributed by atoms with E-state index in [0.717, 1.165) is 5.56 Å². The van der Waals surface area contributed by atoms with Crippen molar-refractivity contribution in [2.24, 2.45) is 0 Å². The zero-order valence-electron chi connectivity index (χ0n) is 8.55. The number of aromatic amines is 1. The highest BCUT2D eigenvalue weighted by atomic mass is 35.5. The van der Waals surface area contributed by atoms with Crippen LogP contribution in [0.15, 0.2) is 24.3 Å². The third-order valence-electron chi connectivity index (χ3n) is 2.15. The number of hydrogen-bond donors (Lipinski definition) is 2. The first-order valence-electron chi connectivity index (χ1n) is 4.71. The number of carbonyl (C=O) groups is 1. The van der Waals surface area contributed by atoms with Crippen molar-refractivity contribution in [2.75, 3.05) is 0 Å². The molecule has 17 heavy (non-hydrogen) atoms. The number of hydrogen-bond acceptors (Lipinski definition) is 3. The molecule has 0 aliphatic carbocycles. The van der Waals surface area contributed by atoms with E-state index >= 15 is 0 Å². The van der Waals surface area contributed by atoms with E-state index in [4.69, 9.17) is 28.9 Å². The predicted octanol–water partition coefficient (Wildman–Crippen LogP) is 2.35. The minimum Gasteiger partial charge on any atom is -0.480 e. The van der Waals surface area contributed by atoms with Crippen LogP contribution in [-0.4, -0.2) is 25.8 Å². The molecule has 5 nitrogen and oxygen atoms in total. The molecule has 0 amide bonds. The van der Waals surface area contributed by atoms with Crippen LogP contribution in [-0.2, 0) is 11.3 Å². The third-order valence-corrected chi connectivity index (χ3v) is 2.72. The van der Waals surface area contributed by atoms with E-state index in [9.17, 15) is 4.79 Å². The summed E-state index contributed by atoms with van der Waals surface area (Å²) in [4.78, 5) is 10.7. The van der Waals surface area contributed by atoms with Gasteiger partial charge in [0.2, 0.25) is 0 Å². The van der Waals surface area contributed by atoms with E-state index in [1.807, 2.05) is 0 Å². The fraction of sp³-hybridized carbons (Fsp3) is 0.100. The molecule has 1 heterocycles. The molecule has 0 atom stereocenters. The summed E-state index contributed by atoms with van der Waals surface area (Å²) in [6, 6.07) is 6.93. The Balaban J connectivity index is 2.48. The molecule has 2 N–H and O–H groups in total. The van der Waals surface area contributed by atoms with Gasteiger partial charge in [-0.15, -0.1) is 0 Å². The van der Waals surface area contributed by atoms with E-state index in [0.29, 0.717) is 10.8 Å². The molecule has 0 aliphatic rings. The van der Waals surface area contributed by atoms with Gasteiger partial charge < -0.3 is 5.11 Å². The molecule has 0 radical (unpaired) electrons. The highest BCUT2D eigenvalue weighted by Crippen LogP contribution is 2.19. The Morgan fingerprint density at radius 1 is 1.47 bits per heavy atom. The van der Waals surface area contributed by atoms with Crippen molar-refractivity contribution in [1.29, 1.82) is 0 Å². The van der Waals surface area contributed by atoms with Crippen molar-refractivity contribution in [1.82, 2.24) is 14.8 Å². The first-order valence-corrected chi connectivity index (χ1v) is 5.49. The van der Waals surface area contributed by atoms with Crippen molar-refractivity contribution >= 4 is 29.8 Å². The molecule has 1 aromatic heterocycles. The zero-order valence-corrected chi connectivity index (χ0v) is 10.1. The maximum absolute atomic E-state index is 10.7. The van der Waals surface area contributed by atoms with Crippen molar-refractivity contribution < 1.29 is 9.90 Å². The Labute approximate surface area is 107 Å². The molecule has 88 valence electrons. The number of carboxylic acid groups (broad SMARTS) is 1. The van der Waals surface area contributed by atoms with Crippen molar-refractivity contribution in [3.63, 3.8) is 0 Å². The molecule has 1 aromatic carbocycles. The molecule has 0 saturated carbocycles. The molecule has 0 unspecified atom stereocenters. The number of H-pyrrole nitrogens is 1. The Morgan fingerprint density at radius 3 is 2.71 bits per heavy atom. The molecule has 0 aliphatic heterocycles. The minimum atomic E-state index is -0.974. The van der Waals surface area contributed by atoms with Gasteiger partial charge in [0.15, 0.2) is 10.6 Å². The molecule has 0 saturated heterocycles. The predicted molar refractivity (Wildman–Crippen MR) is 65.5 cm³/mol. The maximum Gasteiger partial charge on any atom is 0.323 e. The lowest BCUT2D eigenvalue weighted by Crippen LogP contribution is -2.10. The Bertz CT molecular complexity index is 603. The van der Waals surface area contributed by atoms with Crippen LogP contribution >= 0.6 is 23.8 Å². The molecular weight excluding hydrogens is 262 g/mol. The van der Waals surface area contributed by atoms with Crippen LogP contribution in [0.4, 0.5) is 0 Å². The number of nitrogens with zero attached hydrogens (tertiary/aromatic N) is 2. The second-order valence-corrected chi connectivity index (χ2v) is 4.16. The smallest absolute Gasteiger partial charge is 0.323 e. The van der Waals surface area contributed by atoms with Crippen molar-refractivity contribution in [3.8, 4) is 11.4 Å². The summed E-state index contributed by atoms with van der Waals surface area (Å²) < 4.78 is 1.69. The summed E-state index contributed by atoms with van der Waals surface area (Å²) in [5.74, 6) is -0.494. The zero-order chi connectivity index (χ0) is 12.4. The van der Waals surface area contributed by atoms with Crippen LogP contribution in [0.2, 0.25) is 5.02 Å². The number of nitrogens with one attached hydrogen (secondary N) is 1. The molecule has 0 spiro atoms. The number of benzene rings is 1. The van der Waals surface area contributed by atoms with Gasteiger partial charge in [-0.25, -0.2) is 0 Å². The molecule has 2 aromatic rings. The summed E-state index contributed by atoms with van der Waals surface area (Å²) >= 11 is 10.8. The minimum absolute atomic E-state index is 0.229. The van der Waals surface area contributed by atoms with Crippen LogP contribution in [0, 0.1) is 4.77 Å². The Morgan fingerprint density at radius 2 is 2.12 bits per heavy atom. The van der Waals surface area contributed by atoms with E-state index in [2.05, 4.69) is 10.2 Å². The van der Waals surface area contributed by atoms with E-state index in [1.165, 1.54) is 4.57 Å². The average Bonchev–Trinajstić information content (AvgIpc) is 2.61. The van der Waals surface area contributed by atoms with Gasteiger partial charge in [-0.2, -0.15) is 5.10 Å². The number of aromatic nitrogens is 3. The van der Waals surface area contributed by atoms with Crippen LogP contribution in [0.3, 0.4) is 0 Å². The lowest BCUT2D eigenvalue weighted by atomic mass is 10.2. The van der Waals surface area contributed by atoms with Gasteiger partial charge in [0.25, 0.3) is 0 Å². The lowest BCUT2D eigenvalue weighted by molar-refractivity contribution is -0.137. The molecular formula is C10H8ClN3O2S. The average molecular weight is 270 g/mol. The number of halogens is 1. The SMILES string of the molecule is O=C(O)Cn1c(-c2ccc(Cl)cc2)n[nH]c1=S. The fourth-order valence-corrected chi connectivity index (χ4v) is 1.74. The lowest BCUT2D eigenvalue weighted by Gasteiger charge is -2.03. The first kappa shape index (κ1) is 11.8. The van der Waals surface area contributed by atoms with E-state index < -0.39 is 5.97 Å². The monoisotopic (exact) mass is 269 g/mol. The van der Waals surface area contributed by atoms with Gasteiger partial charge in [-0.1, -0.05) is 11.6 Å². The fourth-order valence-electron chi connectivity index (χ4n) is 1.42. The highest BCUT2D eigenvalue weighted by molar-refractivity contribution is 7.71. The number of carboxylic acids is 1. The summed E-state index contributed by atoms with van der Waals surface area (Å²) in [5, 5.41) is 16.0. The maximum atomic E-state index is 10.7. The quantitative estimate of drug-likeness (QED) is 0.839. The summed E-state index contributed by atoms with van der Waals surface area (Å²) in [6.45, 7) is -0.229. The largest absolute Gasteiger partial charge is 0.480 e. The highest BCUT2D eigenvalue weighted by Gasteiger charge is 2.11. The van der Waals surface area contributed by atoms with Crippen LogP contribution in [0.1, 0.15) is 0 Å². The Kier molecular flexibility index (Phi) is 3.26. The molecule has 7 heteroatoms. The Hall–Kier alpha value is -1.66. The van der Waals surface area contributed by atoms with Crippen LogP contribution < -0.4 is 0 Å². The van der Waals surface area contributed by atoms with Gasteiger partial charge in [0.1, 0.15) is 6.54 Å². The third kappa shape index (κ3) is 2.54. The number of aliphatic carboxylic acids is 1. The van der Waals surface area contributed by atoms with Crippen LogP contribution in [0.25, 0.3) is 11.4 Å². The summed E-state index contributed by atoms with van der Waals surface area (Å²) in [7, 11) is 0. The van der Waals surface area contributed by atoms with Gasteiger partial charge in [0, 0.05) is 10.6 Å². The topological polar surface area (TPSA) is 70.9 Å². The first-order chi connectivity index (χ1) is 8.08. The van der Waals surface area contributed by atoms with Gasteiger partial charge >= 0.3 is 5.97 Å². The summed E-state index contributed by atoms with van der Waals surface area (Å²) in [6.07, 6.45) is 0. The molecule has 2 rings (SSSR count). The second kappa shape index (κ2) is 4.68. The van der Waals surface area contributed by atoms with Crippen molar-refractivity contribution in [3.05, 3.63) is 34.1 Å². The molecule has 0 fully saturated rings. The summed E-state index contributed by atoms with van der Waals surface area (Å²) in [5.41, 5.74) is 0.753. The van der Waals surface area contributed by atoms with Gasteiger partial charge in [-0.3, -0.25) is 14.5 Å². The second-order valence-electron chi connectivity index (χ2n) is 3.34. The molecule has 0 bridgehead atoms. The number of rotatable bonds is 3. The van der Waals surface area contributed by atoms with E-state index in [1.54, 1.807) is 24.3 Å². The van der Waals surface area contributed by atoms with E-state index in [-0.39, 0.29) is 11.3 Å².